The topological polar surface area (TPSA) is 46.5 Å². The summed E-state index contributed by atoms with van der Waals surface area (Å²) in [6, 6.07) is 7.01. The van der Waals surface area contributed by atoms with Crippen molar-refractivity contribution in [2.45, 2.75) is 90.4 Å². The highest BCUT2D eigenvalue weighted by Gasteiger charge is 2.03. The van der Waals surface area contributed by atoms with E-state index in [0.717, 1.165) is 31.2 Å². The lowest BCUT2D eigenvalue weighted by atomic mass is 10.1. The number of ether oxygens (including phenoxy) is 1. The van der Waals surface area contributed by atoms with Gasteiger partial charge in [-0.3, -0.25) is 4.79 Å². The highest BCUT2D eigenvalue weighted by atomic mass is 16.5. The number of carbonyl (C=O) groups excluding carboxylic acids is 1. The van der Waals surface area contributed by atoms with E-state index in [2.05, 4.69) is 31.2 Å². The van der Waals surface area contributed by atoms with Crippen LogP contribution < -0.4 is 0 Å². The average Bonchev–Trinajstić information content (AvgIpc) is 2.72. The molecule has 0 saturated heterocycles. The van der Waals surface area contributed by atoms with Gasteiger partial charge in [-0.25, -0.2) is 0 Å². The average molecular weight is 401 g/mol. The van der Waals surface area contributed by atoms with Gasteiger partial charge in [0.25, 0.3) is 0 Å². The fourth-order valence-corrected chi connectivity index (χ4v) is 3.10. The fourth-order valence-electron chi connectivity index (χ4n) is 3.10. The van der Waals surface area contributed by atoms with Crippen LogP contribution >= 0.6 is 0 Å². The second-order valence-corrected chi connectivity index (χ2v) is 7.62. The Morgan fingerprint density at radius 3 is 2.17 bits per heavy atom. The first-order valence-corrected chi connectivity index (χ1v) is 11.5. The Morgan fingerprint density at radius 1 is 0.862 bits per heavy atom. The van der Waals surface area contributed by atoms with Crippen LogP contribution in [0, 0.1) is 0 Å². The molecule has 0 radical (unpaired) electrons. The first-order valence-electron chi connectivity index (χ1n) is 11.5. The molecule has 0 atom stereocenters. The summed E-state index contributed by atoms with van der Waals surface area (Å²) in [5.74, 6) is 0.154. The fraction of sp³-hybridized carbons (Fsp3) is 0.577. The zero-order chi connectivity index (χ0) is 21.0. The molecule has 0 aliphatic heterocycles. The zero-order valence-corrected chi connectivity index (χ0v) is 18.3. The van der Waals surface area contributed by atoms with Gasteiger partial charge in [0.15, 0.2) is 0 Å². The molecular weight excluding hydrogens is 360 g/mol. The van der Waals surface area contributed by atoms with Crippen molar-refractivity contribution < 1.29 is 14.6 Å². The van der Waals surface area contributed by atoms with Crippen molar-refractivity contribution in [1.29, 1.82) is 0 Å². The molecule has 0 aliphatic carbocycles. The maximum atomic E-state index is 11.7. The predicted molar refractivity (Wildman–Crippen MR) is 122 cm³/mol. The molecule has 162 valence electrons. The third-order valence-corrected chi connectivity index (χ3v) is 4.92. The molecule has 1 N–H and O–H groups in total. The quantitative estimate of drug-likeness (QED) is 0.170. The summed E-state index contributed by atoms with van der Waals surface area (Å²) in [6.45, 7) is 2.65. The molecule has 1 aromatic carbocycles. The van der Waals surface area contributed by atoms with Crippen molar-refractivity contribution in [3.05, 3.63) is 54.1 Å². The first kappa shape index (κ1) is 25.0. The number of rotatable bonds is 17. The van der Waals surface area contributed by atoms with E-state index < -0.39 is 0 Å². The molecule has 0 saturated carbocycles. The number of unbranched alkanes of at least 4 members (excludes halogenated alkanes) is 8. The molecule has 0 heterocycles. The largest absolute Gasteiger partial charge is 0.508 e. The number of phenolic OH excluding ortho intramolecular Hbond substituents is 1. The molecule has 0 aliphatic rings. The highest BCUT2D eigenvalue weighted by molar-refractivity contribution is 5.69. The van der Waals surface area contributed by atoms with Gasteiger partial charge in [-0.2, -0.15) is 0 Å². The lowest BCUT2D eigenvalue weighted by Gasteiger charge is -2.05. The summed E-state index contributed by atoms with van der Waals surface area (Å²) < 4.78 is 5.28. The van der Waals surface area contributed by atoms with Gasteiger partial charge in [0, 0.05) is 12.8 Å². The second-order valence-electron chi connectivity index (χ2n) is 7.62. The van der Waals surface area contributed by atoms with Crippen molar-refractivity contribution in [2.24, 2.45) is 0 Å². The summed E-state index contributed by atoms with van der Waals surface area (Å²) in [7, 11) is 0. The predicted octanol–water partition coefficient (Wildman–Crippen LogP) is 7.29. The minimum Gasteiger partial charge on any atom is -0.508 e. The third-order valence-electron chi connectivity index (χ3n) is 4.92. The smallest absolute Gasteiger partial charge is 0.305 e. The van der Waals surface area contributed by atoms with Crippen LogP contribution in [-0.4, -0.2) is 17.7 Å². The van der Waals surface area contributed by atoms with Crippen LogP contribution in [0.2, 0.25) is 0 Å². The van der Waals surface area contributed by atoms with Gasteiger partial charge >= 0.3 is 5.97 Å². The highest BCUT2D eigenvalue weighted by Crippen LogP contribution is 2.11. The Balaban J connectivity index is 1.86. The molecule has 29 heavy (non-hydrogen) atoms. The normalized spacial score (nSPS) is 11.5. The Labute approximate surface area is 177 Å². The van der Waals surface area contributed by atoms with Gasteiger partial charge in [0.1, 0.15) is 5.75 Å². The van der Waals surface area contributed by atoms with Crippen LogP contribution in [-0.2, 0) is 16.0 Å². The van der Waals surface area contributed by atoms with Crippen LogP contribution in [0.3, 0.4) is 0 Å². The number of benzene rings is 1. The molecule has 3 nitrogen and oxygen atoms in total. The second kappa shape index (κ2) is 18.0. The number of esters is 1. The third kappa shape index (κ3) is 15.6. The summed E-state index contributed by atoms with van der Waals surface area (Å²) in [5.41, 5.74) is 1.06. The van der Waals surface area contributed by atoms with Crippen molar-refractivity contribution in [3.63, 3.8) is 0 Å². The minimum atomic E-state index is -0.102. The molecule has 0 bridgehead atoms. The van der Waals surface area contributed by atoms with Gasteiger partial charge in [-0.1, -0.05) is 75.5 Å². The first-order chi connectivity index (χ1) is 14.2. The van der Waals surface area contributed by atoms with Crippen LogP contribution in [0.4, 0.5) is 0 Å². The van der Waals surface area contributed by atoms with E-state index in [1.165, 1.54) is 44.9 Å². The maximum absolute atomic E-state index is 11.7. The van der Waals surface area contributed by atoms with Gasteiger partial charge in [0.2, 0.25) is 0 Å². The Hall–Kier alpha value is -2.03. The molecule has 3 heteroatoms. The number of aromatic hydroxyl groups is 1. The van der Waals surface area contributed by atoms with Crippen molar-refractivity contribution >= 4 is 5.97 Å². The number of hydrogen-bond donors (Lipinski definition) is 1. The summed E-state index contributed by atoms with van der Waals surface area (Å²) in [5, 5.41) is 9.24. The van der Waals surface area contributed by atoms with E-state index in [1.807, 2.05) is 12.1 Å². The number of allylic oxidation sites excluding steroid dienone is 4. The van der Waals surface area contributed by atoms with Gasteiger partial charge in [0.05, 0.1) is 6.61 Å². The van der Waals surface area contributed by atoms with Crippen LogP contribution in [0.5, 0.6) is 5.75 Å². The van der Waals surface area contributed by atoms with Crippen LogP contribution in [0.15, 0.2) is 48.6 Å². The minimum absolute atomic E-state index is 0.102. The monoisotopic (exact) mass is 400 g/mol. The number of hydrogen-bond acceptors (Lipinski definition) is 3. The molecule has 0 fully saturated rings. The zero-order valence-electron chi connectivity index (χ0n) is 18.3. The molecule has 0 unspecified atom stereocenters. The summed E-state index contributed by atoms with van der Waals surface area (Å²) in [4.78, 5) is 11.7. The molecule has 0 amide bonds. The van der Waals surface area contributed by atoms with E-state index in [-0.39, 0.29) is 11.7 Å². The van der Waals surface area contributed by atoms with E-state index in [9.17, 15) is 9.90 Å². The molecule has 1 aromatic rings. The SMILES string of the molecule is CCCCC/C=C\C/C=C\CCCCCCCC(=O)OCCc1ccc(O)cc1. The van der Waals surface area contributed by atoms with Gasteiger partial charge in [-0.15, -0.1) is 0 Å². The molecule has 1 rings (SSSR count). The van der Waals surface area contributed by atoms with Gasteiger partial charge in [-0.05, 0) is 56.2 Å². The summed E-state index contributed by atoms with van der Waals surface area (Å²) >= 11 is 0. The molecule has 0 aromatic heterocycles. The van der Waals surface area contributed by atoms with Crippen molar-refractivity contribution in [1.82, 2.24) is 0 Å². The van der Waals surface area contributed by atoms with E-state index >= 15 is 0 Å². The Bertz CT molecular complexity index is 572. The van der Waals surface area contributed by atoms with Gasteiger partial charge < -0.3 is 9.84 Å². The lowest BCUT2D eigenvalue weighted by molar-refractivity contribution is -0.143. The van der Waals surface area contributed by atoms with E-state index in [4.69, 9.17) is 4.74 Å². The number of carbonyl (C=O) groups is 1. The lowest BCUT2D eigenvalue weighted by Crippen LogP contribution is -2.07. The molecule has 0 spiro atoms. The standard InChI is InChI=1S/C26H40O3/c1-2-3-4-5-6-7-8-9-10-11-12-13-14-15-16-17-26(28)29-23-22-24-18-20-25(27)21-19-24/h6-7,9-10,18-21,27H,2-5,8,11-17,22-23H2,1H3/b7-6-,10-9-. The van der Waals surface area contributed by atoms with E-state index in [0.29, 0.717) is 19.4 Å². The maximum Gasteiger partial charge on any atom is 0.305 e. The van der Waals surface area contributed by atoms with E-state index in [1.54, 1.807) is 12.1 Å². The Morgan fingerprint density at radius 2 is 1.48 bits per heavy atom. The van der Waals surface area contributed by atoms with Crippen LogP contribution in [0.25, 0.3) is 0 Å². The molecular formula is C26H40O3. The Kier molecular flexibility index (Phi) is 15.5. The van der Waals surface area contributed by atoms with Crippen LogP contribution in [0.1, 0.15) is 89.5 Å². The van der Waals surface area contributed by atoms with Crippen molar-refractivity contribution in [3.8, 4) is 5.75 Å². The van der Waals surface area contributed by atoms with Crippen molar-refractivity contribution in [2.75, 3.05) is 6.61 Å². The summed E-state index contributed by atoms with van der Waals surface area (Å²) in [6.07, 6.45) is 23.4. The number of phenols is 1.